The predicted octanol–water partition coefficient (Wildman–Crippen LogP) is 0.543. The Kier molecular flexibility index (Phi) is 3.31. The number of ether oxygens (including phenoxy) is 1. The summed E-state index contributed by atoms with van der Waals surface area (Å²) < 4.78 is 21.2. The van der Waals surface area contributed by atoms with Crippen LogP contribution in [0.4, 0.5) is 10.2 Å². The van der Waals surface area contributed by atoms with Crippen molar-refractivity contribution in [2.24, 2.45) is 10.7 Å². The maximum Gasteiger partial charge on any atom is 0.198 e. The van der Waals surface area contributed by atoms with Gasteiger partial charge in [0.05, 0.1) is 12.4 Å². The topological polar surface area (TPSA) is 97.7 Å². The van der Waals surface area contributed by atoms with Gasteiger partial charge in [0.2, 0.25) is 0 Å². The summed E-state index contributed by atoms with van der Waals surface area (Å²) in [6.07, 6.45) is -2.30. The SMILES string of the molecule is CC[C@H]1O[C@@H](n2cnc3c2NC(Cl)N=C3N)[C@@H](F)[C@@H]1O. The van der Waals surface area contributed by atoms with E-state index in [2.05, 4.69) is 15.3 Å². The number of rotatable bonds is 2. The summed E-state index contributed by atoms with van der Waals surface area (Å²) in [5, 5.41) is 12.7. The van der Waals surface area contributed by atoms with E-state index in [0.29, 0.717) is 17.9 Å². The number of halogens is 2. The summed E-state index contributed by atoms with van der Waals surface area (Å²) in [5.74, 6) is 0.618. The zero-order valence-electron chi connectivity index (χ0n) is 10.7. The second kappa shape index (κ2) is 4.87. The van der Waals surface area contributed by atoms with Crippen LogP contribution in [0.3, 0.4) is 0 Å². The summed E-state index contributed by atoms with van der Waals surface area (Å²) in [5.41, 5.74) is 5.38. The highest BCUT2D eigenvalue weighted by molar-refractivity contribution is 6.23. The highest BCUT2D eigenvalue weighted by Crippen LogP contribution is 2.36. The van der Waals surface area contributed by atoms with E-state index in [-0.39, 0.29) is 5.84 Å². The van der Waals surface area contributed by atoms with Crippen LogP contribution < -0.4 is 11.1 Å². The Bertz CT molecular complexity index is 551. The largest absolute Gasteiger partial charge is 0.387 e. The molecule has 0 aliphatic carbocycles. The number of nitrogens with zero attached hydrogens (tertiary/aromatic N) is 3. The van der Waals surface area contributed by atoms with Crippen LogP contribution in [0.5, 0.6) is 0 Å². The van der Waals surface area contributed by atoms with Crippen LogP contribution in [-0.4, -0.2) is 44.5 Å². The van der Waals surface area contributed by atoms with Crippen LogP contribution in [-0.2, 0) is 4.74 Å². The van der Waals surface area contributed by atoms with Gasteiger partial charge in [-0.1, -0.05) is 18.5 Å². The minimum absolute atomic E-state index is 0.179. The van der Waals surface area contributed by atoms with Gasteiger partial charge in [0.15, 0.2) is 23.9 Å². The molecule has 0 bridgehead atoms. The lowest BCUT2D eigenvalue weighted by Gasteiger charge is -2.22. The van der Waals surface area contributed by atoms with E-state index in [1.807, 2.05) is 6.92 Å². The second-order valence-electron chi connectivity index (χ2n) is 4.75. The number of anilines is 1. The Balaban J connectivity index is 1.95. The van der Waals surface area contributed by atoms with E-state index in [1.165, 1.54) is 10.9 Å². The fourth-order valence-electron chi connectivity index (χ4n) is 2.48. The maximum absolute atomic E-state index is 14.2. The summed E-state index contributed by atoms with van der Waals surface area (Å²) in [6, 6.07) is 0. The first kappa shape index (κ1) is 13.6. The van der Waals surface area contributed by atoms with Gasteiger partial charge < -0.3 is 20.9 Å². The zero-order valence-corrected chi connectivity index (χ0v) is 11.5. The molecule has 1 fully saturated rings. The molecule has 1 unspecified atom stereocenters. The van der Waals surface area contributed by atoms with Crippen LogP contribution in [0.2, 0.25) is 0 Å². The van der Waals surface area contributed by atoms with Crippen LogP contribution in [0.1, 0.15) is 25.3 Å². The van der Waals surface area contributed by atoms with E-state index < -0.39 is 30.2 Å². The first-order valence-corrected chi connectivity index (χ1v) is 6.75. The number of fused-ring (bicyclic) bond motifs is 1. The molecule has 0 radical (unpaired) electrons. The summed E-state index contributed by atoms with van der Waals surface area (Å²) in [7, 11) is 0. The Morgan fingerprint density at radius 1 is 1.65 bits per heavy atom. The predicted molar refractivity (Wildman–Crippen MR) is 71.3 cm³/mol. The number of imidazole rings is 1. The van der Waals surface area contributed by atoms with E-state index in [4.69, 9.17) is 22.1 Å². The molecule has 0 amide bonds. The van der Waals surface area contributed by atoms with Crippen molar-refractivity contribution in [1.29, 1.82) is 0 Å². The van der Waals surface area contributed by atoms with Crippen molar-refractivity contribution < 1.29 is 14.2 Å². The minimum atomic E-state index is -1.55. The molecule has 9 heteroatoms. The number of amidine groups is 1. The smallest absolute Gasteiger partial charge is 0.198 e. The number of aromatic nitrogens is 2. The third kappa shape index (κ3) is 1.95. The first-order valence-electron chi connectivity index (χ1n) is 6.31. The quantitative estimate of drug-likeness (QED) is 0.547. The van der Waals surface area contributed by atoms with Gasteiger partial charge in [-0.25, -0.2) is 14.4 Å². The van der Waals surface area contributed by atoms with E-state index in [0.717, 1.165) is 0 Å². The Labute approximate surface area is 119 Å². The first-order chi connectivity index (χ1) is 9.52. The molecule has 0 aromatic carbocycles. The number of nitrogens with one attached hydrogen (secondary N) is 1. The molecule has 2 aliphatic rings. The number of hydrogen-bond donors (Lipinski definition) is 3. The lowest BCUT2D eigenvalue weighted by Crippen LogP contribution is -2.30. The molecule has 3 rings (SSSR count). The third-order valence-electron chi connectivity index (χ3n) is 3.51. The van der Waals surface area contributed by atoms with Crippen LogP contribution >= 0.6 is 11.6 Å². The van der Waals surface area contributed by atoms with Gasteiger partial charge >= 0.3 is 0 Å². The van der Waals surface area contributed by atoms with Crippen molar-refractivity contribution in [3.8, 4) is 0 Å². The molecule has 4 N–H and O–H groups in total. The van der Waals surface area contributed by atoms with E-state index in [1.54, 1.807) is 0 Å². The number of alkyl halides is 2. The molecule has 0 saturated carbocycles. The van der Waals surface area contributed by atoms with Gasteiger partial charge in [-0.2, -0.15) is 0 Å². The fraction of sp³-hybridized carbons (Fsp3) is 0.636. The number of hydrogen-bond acceptors (Lipinski definition) is 6. The Morgan fingerprint density at radius 2 is 2.40 bits per heavy atom. The summed E-state index contributed by atoms with van der Waals surface area (Å²) in [6.45, 7) is 1.82. The Morgan fingerprint density at radius 3 is 3.05 bits per heavy atom. The van der Waals surface area contributed by atoms with Gasteiger partial charge in [-0.05, 0) is 6.42 Å². The molecular weight excluding hydrogens is 289 g/mol. The standard InChI is InChI=1S/C11H15ClFN5O2/c1-2-4-7(19)5(13)10(20-4)18-3-15-6-8(14)16-11(12)17-9(6)18/h3-5,7,10-11,17,19H,2H2,1H3,(H2,14,16)/t4-,5+,7-,10-,11?/m1/s1. The van der Waals surface area contributed by atoms with Crippen molar-refractivity contribution in [2.45, 2.75) is 43.6 Å². The van der Waals surface area contributed by atoms with Crippen LogP contribution in [0.15, 0.2) is 11.3 Å². The summed E-state index contributed by atoms with van der Waals surface area (Å²) in [4.78, 5) is 8.00. The molecule has 1 aromatic heterocycles. The zero-order chi connectivity index (χ0) is 14.4. The lowest BCUT2D eigenvalue weighted by atomic mass is 10.1. The maximum atomic E-state index is 14.2. The highest BCUT2D eigenvalue weighted by Gasteiger charge is 2.45. The molecule has 3 heterocycles. The fourth-order valence-corrected chi connectivity index (χ4v) is 2.69. The van der Waals surface area contributed by atoms with Gasteiger partial charge in [-0.15, -0.1) is 0 Å². The van der Waals surface area contributed by atoms with Crippen LogP contribution in [0, 0.1) is 0 Å². The molecule has 2 aliphatic heterocycles. The lowest BCUT2D eigenvalue weighted by molar-refractivity contribution is -0.0246. The molecule has 5 atom stereocenters. The number of aliphatic hydroxyl groups is 1. The normalized spacial score (nSPS) is 36.4. The molecule has 1 aromatic rings. The monoisotopic (exact) mass is 303 g/mol. The Hall–Kier alpha value is -1.38. The second-order valence-corrected chi connectivity index (χ2v) is 5.17. The van der Waals surface area contributed by atoms with Crippen LogP contribution in [0.25, 0.3) is 0 Å². The minimum Gasteiger partial charge on any atom is -0.387 e. The summed E-state index contributed by atoms with van der Waals surface area (Å²) >= 11 is 5.89. The van der Waals surface area contributed by atoms with E-state index >= 15 is 0 Å². The molecule has 7 nitrogen and oxygen atoms in total. The molecule has 1 saturated heterocycles. The average molecular weight is 304 g/mol. The molecule has 20 heavy (non-hydrogen) atoms. The van der Waals surface area contributed by atoms with Crippen molar-refractivity contribution >= 4 is 23.3 Å². The van der Waals surface area contributed by atoms with Crippen molar-refractivity contribution in [2.75, 3.05) is 5.32 Å². The number of aliphatic imine (C=N–C) groups is 1. The molecule has 0 spiro atoms. The van der Waals surface area contributed by atoms with Gasteiger partial charge in [0, 0.05) is 0 Å². The van der Waals surface area contributed by atoms with Gasteiger partial charge in [0.25, 0.3) is 0 Å². The molecule has 110 valence electrons. The van der Waals surface area contributed by atoms with Crippen molar-refractivity contribution in [1.82, 2.24) is 9.55 Å². The van der Waals surface area contributed by atoms with Gasteiger partial charge in [-0.3, -0.25) is 4.57 Å². The number of aliphatic hydroxyl groups excluding tert-OH is 1. The van der Waals surface area contributed by atoms with E-state index in [9.17, 15) is 9.50 Å². The highest BCUT2D eigenvalue weighted by atomic mass is 35.5. The van der Waals surface area contributed by atoms with Crippen molar-refractivity contribution in [3.05, 3.63) is 12.0 Å². The van der Waals surface area contributed by atoms with Gasteiger partial charge in [0.1, 0.15) is 17.6 Å². The number of nitrogens with two attached hydrogens (primary N) is 1. The molecular formula is C11H15ClFN5O2. The third-order valence-corrected chi connectivity index (χ3v) is 3.72. The van der Waals surface area contributed by atoms with Crippen molar-refractivity contribution in [3.63, 3.8) is 0 Å². The average Bonchev–Trinajstić information content (AvgIpc) is 2.93.